The van der Waals surface area contributed by atoms with Crippen molar-refractivity contribution in [2.75, 3.05) is 31.6 Å². The molecule has 1 saturated heterocycles. The van der Waals surface area contributed by atoms with Gasteiger partial charge in [0.2, 0.25) is 5.91 Å². The molecule has 1 fully saturated rings. The van der Waals surface area contributed by atoms with E-state index in [1.807, 2.05) is 0 Å². The number of carbonyl (C=O) groups is 1. The molecular weight excluding hydrogens is 425 g/mol. The third-order valence-corrected chi connectivity index (χ3v) is 5.24. The van der Waals surface area contributed by atoms with Crippen LogP contribution in [0.3, 0.4) is 0 Å². The van der Waals surface area contributed by atoms with E-state index in [2.05, 4.69) is 10.1 Å². The van der Waals surface area contributed by atoms with E-state index in [1.54, 1.807) is 22.9 Å². The number of hydrogen-bond donors (Lipinski definition) is 1. The number of halogens is 5. The summed E-state index contributed by atoms with van der Waals surface area (Å²) < 4.78 is 69.1. The van der Waals surface area contributed by atoms with Gasteiger partial charge in [-0.05, 0) is 6.07 Å². The Labute approximate surface area is 172 Å². The summed E-state index contributed by atoms with van der Waals surface area (Å²) in [4.78, 5) is 19.5. The lowest BCUT2D eigenvalue weighted by molar-refractivity contribution is -0.140. The molecule has 4 rings (SSSR count). The number of aromatic hydroxyl groups is 1. The van der Waals surface area contributed by atoms with Crippen LogP contribution in [0.25, 0.3) is 22.2 Å². The van der Waals surface area contributed by atoms with Crippen LogP contribution in [0.15, 0.2) is 18.3 Å². The standard InChI is InChI=1S/C19H16F5N5O2/c1-27-3-4-29(8-14(27)30)13-6-12-10(7-25-13)17(26-28(12)2)9-5-11(19(22,23)24)16(21)18(31)15(9)20/h5-7,31H,3-4,8H2,1-2H3. The summed E-state index contributed by atoms with van der Waals surface area (Å²) in [7, 11) is 3.18. The van der Waals surface area contributed by atoms with Crippen LogP contribution in [-0.4, -0.2) is 57.4 Å². The summed E-state index contributed by atoms with van der Waals surface area (Å²) in [6, 6.07) is 1.86. The molecule has 0 spiro atoms. The molecule has 1 N–H and O–H groups in total. The molecule has 0 radical (unpaired) electrons. The number of benzene rings is 1. The number of likely N-dealkylation sites (N-methyl/N-ethyl adjacent to an activating group) is 1. The van der Waals surface area contributed by atoms with Gasteiger partial charge in [-0.3, -0.25) is 9.48 Å². The van der Waals surface area contributed by atoms with E-state index in [0.29, 0.717) is 24.4 Å². The highest BCUT2D eigenvalue weighted by Gasteiger charge is 2.38. The highest BCUT2D eigenvalue weighted by Crippen LogP contribution is 2.41. The van der Waals surface area contributed by atoms with Gasteiger partial charge in [0.25, 0.3) is 0 Å². The van der Waals surface area contributed by atoms with Crippen molar-refractivity contribution < 1.29 is 31.9 Å². The minimum absolute atomic E-state index is 0.0950. The highest BCUT2D eigenvalue weighted by molar-refractivity contribution is 5.95. The predicted octanol–water partition coefficient (Wildman–Crippen LogP) is 2.92. The van der Waals surface area contributed by atoms with E-state index >= 15 is 0 Å². The van der Waals surface area contributed by atoms with Crippen molar-refractivity contribution >= 4 is 22.6 Å². The van der Waals surface area contributed by atoms with Crippen LogP contribution in [0.5, 0.6) is 5.75 Å². The molecule has 1 aromatic carbocycles. The minimum atomic E-state index is -5.14. The van der Waals surface area contributed by atoms with Crippen molar-refractivity contribution in [3.05, 3.63) is 35.5 Å². The Morgan fingerprint density at radius 1 is 1.10 bits per heavy atom. The quantitative estimate of drug-likeness (QED) is 0.620. The number of aryl methyl sites for hydroxylation is 1. The fourth-order valence-corrected chi connectivity index (χ4v) is 3.47. The third-order valence-electron chi connectivity index (χ3n) is 5.24. The first kappa shape index (κ1) is 20.8. The van der Waals surface area contributed by atoms with Crippen LogP contribution in [-0.2, 0) is 18.0 Å². The van der Waals surface area contributed by atoms with Crippen LogP contribution < -0.4 is 4.90 Å². The smallest absolute Gasteiger partial charge is 0.419 e. The number of piperazine rings is 1. The molecule has 3 heterocycles. The molecule has 3 aromatic rings. The predicted molar refractivity (Wildman–Crippen MR) is 100 cm³/mol. The molecule has 0 aliphatic carbocycles. The fraction of sp³-hybridized carbons (Fsp3) is 0.316. The molecule has 0 atom stereocenters. The zero-order valence-corrected chi connectivity index (χ0v) is 16.3. The number of phenolic OH excluding ortho intramolecular Hbond substituents is 1. The average molecular weight is 441 g/mol. The van der Waals surface area contributed by atoms with Crippen LogP contribution in [0.2, 0.25) is 0 Å². The molecular formula is C19H16F5N5O2. The molecule has 2 aromatic heterocycles. The first-order valence-electron chi connectivity index (χ1n) is 9.09. The van der Waals surface area contributed by atoms with Gasteiger partial charge in [0.05, 0.1) is 17.6 Å². The second-order valence-corrected chi connectivity index (χ2v) is 7.21. The first-order chi connectivity index (χ1) is 14.5. The summed E-state index contributed by atoms with van der Waals surface area (Å²) in [6.07, 6.45) is -3.85. The summed E-state index contributed by atoms with van der Waals surface area (Å²) >= 11 is 0. The van der Waals surface area contributed by atoms with Gasteiger partial charge in [0.1, 0.15) is 11.5 Å². The molecule has 0 bridgehead atoms. The Kier molecular flexibility index (Phi) is 4.74. The van der Waals surface area contributed by atoms with Crippen LogP contribution >= 0.6 is 0 Å². The van der Waals surface area contributed by atoms with Gasteiger partial charge < -0.3 is 14.9 Å². The van der Waals surface area contributed by atoms with Gasteiger partial charge in [-0.15, -0.1) is 0 Å². The Morgan fingerprint density at radius 3 is 2.45 bits per heavy atom. The van der Waals surface area contributed by atoms with E-state index in [0.717, 1.165) is 0 Å². The number of pyridine rings is 1. The summed E-state index contributed by atoms with van der Waals surface area (Å²) in [5.74, 6) is -5.03. The normalized spacial score (nSPS) is 15.3. The number of fused-ring (bicyclic) bond motifs is 1. The zero-order valence-electron chi connectivity index (χ0n) is 16.3. The molecule has 12 heteroatoms. The zero-order chi connectivity index (χ0) is 22.7. The van der Waals surface area contributed by atoms with Gasteiger partial charge >= 0.3 is 6.18 Å². The SMILES string of the molecule is CN1CCN(c2cc3c(cn2)c(-c2cc(C(F)(F)F)c(F)c(O)c2F)nn3C)CC1=O. The lowest BCUT2D eigenvalue weighted by atomic mass is 10.0. The van der Waals surface area contributed by atoms with Crippen molar-refractivity contribution in [3.63, 3.8) is 0 Å². The van der Waals surface area contributed by atoms with E-state index in [-0.39, 0.29) is 29.6 Å². The van der Waals surface area contributed by atoms with E-state index < -0.39 is 34.7 Å². The molecule has 164 valence electrons. The monoisotopic (exact) mass is 441 g/mol. The fourth-order valence-electron chi connectivity index (χ4n) is 3.47. The maximum atomic E-state index is 14.5. The van der Waals surface area contributed by atoms with Crippen molar-refractivity contribution in [1.29, 1.82) is 0 Å². The first-order valence-corrected chi connectivity index (χ1v) is 9.09. The van der Waals surface area contributed by atoms with Crippen molar-refractivity contribution in [3.8, 4) is 17.0 Å². The number of alkyl halides is 3. The van der Waals surface area contributed by atoms with Gasteiger partial charge in [-0.25, -0.2) is 13.8 Å². The molecule has 0 saturated carbocycles. The van der Waals surface area contributed by atoms with Crippen LogP contribution in [0, 0.1) is 11.6 Å². The van der Waals surface area contributed by atoms with Crippen molar-refractivity contribution in [2.24, 2.45) is 7.05 Å². The van der Waals surface area contributed by atoms with Gasteiger partial charge in [0.15, 0.2) is 17.4 Å². The van der Waals surface area contributed by atoms with Gasteiger partial charge in [-0.2, -0.15) is 18.3 Å². The topological polar surface area (TPSA) is 74.5 Å². The Balaban J connectivity index is 1.84. The number of amides is 1. The van der Waals surface area contributed by atoms with E-state index in [9.17, 15) is 31.9 Å². The maximum absolute atomic E-state index is 14.5. The Hall–Kier alpha value is -3.44. The second kappa shape index (κ2) is 7.06. The third kappa shape index (κ3) is 3.41. The minimum Gasteiger partial charge on any atom is -0.503 e. The van der Waals surface area contributed by atoms with Gasteiger partial charge in [0, 0.05) is 50.4 Å². The van der Waals surface area contributed by atoms with Crippen molar-refractivity contribution in [1.82, 2.24) is 19.7 Å². The Morgan fingerprint density at radius 2 is 1.81 bits per heavy atom. The van der Waals surface area contributed by atoms with Gasteiger partial charge in [-0.1, -0.05) is 0 Å². The number of anilines is 1. The molecule has 31 heavy (non-hydrogen) atoms. The van der Waals surface area contributed by atoms with Crippen molar-refractivity contribution in [2.45, 2.75) is 6.18 Å². The molecule has 0 unspecified atom stereocenters. The average Bonchev–Trinajstić information content (AvgIpc) is 3.03. The lowest BCUT2D eigenvalue weighted by Crippen LogP contribution is -2.48. The number of nitrogens with zero attached hydrogens (tertiary/aromatic N) is 5. The summed E-state index contributed by atoms with van der Waals surface area (Å²) in [5, 5.41) is 13.9. The summed E-state index contributed by atoms with van der Waals surface area (Å²) in [5.41, 5.74) is -2.34. The van der Waals surface area contributed by atoms with Crippen LogP contribution in [0.4, 0.5) is 27.8 Å². The highest BCUT2D eigenvalue weighted by atomic mass is 19.4. The number of carbonyl (C=O) groups excluding carboxylic acids is 1. The molecule has 1 aliphatic rings. The van der Waals surface area contributed by atoms with E-state index in [4.69, 9.17) is 0 Å². The number of rotatable bonds is 2. The number of aromatic nitrogens is 3. The second-order valence-electron chi connectivity index (χ2n) is 7.21. The summed E-state index contributed by atoms with van der Waals surface area (Å²) in [6.45, 7) is 1.13. The van der Waals surface area contributed by atoms with E-state index in [1.165, 1.54) is 17.9 Å². The number of hydrogen-bond acceptors (Lipinski definition) is 5. The lowest BCUT2D eigenvalue weighted by Gasteiger charge is -2.32. The molecule has 1 amide bonds. The molecule has 1 aliphatic heterocycles. The maximum Gasteiger partial charge on any atom is 0.419 e. The van der Waals surface area contributed by atoms with Crippen LogP contribution in [0.1, 0.15) is 5.56 Å². The molecule has 7 nitrogen and oxygen atoms in total. The Bertz CT molecular complexity index is 1210. The number of phenols is 1. The largest absolute Gasteiger partial charge is 0.503 e.